The van der Waals surface area contributed by atoms with Crippen molar-refractivity contribution in [1.82, 2.24) is 4.98 Å². The first-order chi connectivity index (χ1) is 8.11. The van der Waals surface area contributed by atoms with E-state index in [1.54, 1.807) is 0 Å². The first-order valence-corrected chi connectivity index (χ1v) is 5.98. The Morgan fingerprint density at radius 2 is 2.24 bits per heavy atom. The number of halogens is 2. The van der Waals surface area contributed by atoms with E-state index < -0.39 is 11.6 Å². The molecule has 0 aliphatic carbocycles. The van der Waals surface area contributed by atoms with Crippen molar-refractivity contribution in [3.05, 3.63) is 17.7 Å². The van der Waals surface area contributed by atoms with Crippen LogP contribution in [-0.4, -0.2) is 18.1 Å². The molecular weight excluding hydrogens is 224 g/mol. The fourth-order valence-electron chi connectivity index (χ4n) is 2.36. The highest BCUT2D eigenvalue weighted by Gasteiger charge is 2.25. The molecule has 0 saturated carbocycles. The third-order valence-electron chi connectivity index (χ3n) is 3.22. The van der Waals surface area contributed by atoms with Crippen LogP contribution in [0.15, 0.2) is 6.07 Å². The smallest absolute Gasteiger partial charge is 0.168 e. The van der Waals surface area contributed by atoms with E-state index in [0.29, 0.717) is 5.92 Å². The highest BCUT2D eigenvalue weighted by molar-refractivity contribution is 5.47. The molecule has 1 fully saturated rings. The Balaban J connectivity index is 2.16. The molecule has 0 amide bonds. The quantitative estimate of drug-likeness (QED) is 0.884. The summed E-state index contributed by atoms with van der Waals surface area (Å²) in [6, 6.07) is 0.810. The maximum absolute atomic E-state index is 13.6. The molecule has 2 rings (SSSR count). The van der Waals surface area contributed by atoms with Crippen LogP contribution in [0.1, 0.15) is 26.2 Å². The molecule has 0 aromatic carbocycles. The zero-order chi connectivity index (χ0) is 12.4. The lowest BCUT2D eigenvalue weighted by Crippen LogP contribution is -2.22. The van der Waals surface area contributed by atoms with E-state index in [9.17, 15) is 8.78 Å². The molecule has 1 unspecified atom stereocenters. The predicted octanol–water partition coefficient (Wildman–Crippen LogP) is 2.57. The summed E-state index contributed by atoms with van der Waals surface area (Å²) in [5.74, 6) is -0.903. The summed E-state index contributed by atoms with van der Waals surface area (Å²) in [6.45, 7) is 3.68. The molecule has 1 saturated heterocycles. The van der Waals surface area contributed by atoms with Gasteiger partial charge >= 0.3 is 0 Å². The van der Waals surface area contributed by atoms with Gasteiger partial charge in [0, 0.05) is 19.2 Å². The Morgan fingerprint density at radius 3 is 2.94 bits per heavy atom. The normalized spacial score (nSPS) is 19.9. The van der Waals surface area contributed by atoms with E-state index in [0.717, 1.165) is 38.4 Å². The van der Waals surface area contributed by atoms with Gasteiger partial charge in [-0.15, -0.1) is 0 Å². The first-order valence-electron chi connectivity index (χ1n) is 5.98. The van der Waals surface area contributed by atoms with Gasteiger partial charge in [-0.1, -0.05) is 13.3 Å². The number of anilines is 2. The summed E-state index contributed by atoms with van der Waals surface area (Å²) in [7, 11) is 0. The minimum Gasteiger partial charge on any atom is -0.381 e. The fourth-order valence-corrected chi connectivity index (χ4v) is 2.36. The summed E-state index contributed by atoms with van der Waals surface area (Å²) in [5, 5.41) is 0. The van der Waals surface area contributed by atoms with Gasteiger partial charge in [0.25, 0.3) is 0 Å². The minimum atomic E-state index is -0.796. The molecule has 2 heterocycles. The molecule has 2 N–H and O–H groups in total. The van der Waals surface area contributed by atoms with E-state index in [1.165, 1.54) is 0 Å². The molecular formula is C12H17F2N3. The lowest BCUT2D eigenvalue weighted by molar-refractivity contribution is 0.527. The van der Waals surface area contributed by atoms with Crippen LogP contribution in [0.2, 0.25) is 0 Å². The average Bonchev–Trinajstić information content (AvgIpc) is 2.72. The lowest BCUT2D eigenvalue weighted by Gasteiger charge is -2.18. The van der Waals surface area contributed by atoms with E-state index in [-0.39, 0.29) is 11.6 Å². The second-order valence-electron chi connectivity index (χ2n) is 4.55. The Hall–Kier alpha value is -1.39. The molecule has 1 aliphatic rings. The van der Waals surface area contributed by atoms with E-state index >= 15 is 0 Å². The van der Waals surface area contributed by atoms with Gasteiger partial charge in [-0.05, 0) is 18.8 Å². The van der Waals surface area contributed by atoms with Gasteiger partial charge in [0.2, 0.25) is 0 Å². The van der Waals surface area contributed by atoms with Gasteiger partial charge in [0.1, 0.15) is 0 Å². The molecule has 1 aliphatic heterocycles. The van der Waals surface area contributed by atoms with Crippen molar-refractivity contribution in [2.24, 2.45) is 5.92 Å². The van der Waals surface area contributed by atoms with Crippen LogP contribution in [0.4, 0.5) is 20.4 Å². The Bertz CT molecular complexity index is 409. The van der Waals surface area contributed by atoms with E-state index in [1.807, 2.05) is 4.90 Å². The average molecular weight is 241 g/mol. The van der Waals surface area contributed by atoms with E-state index in [2.05, 4.69) is 11.9 Å². The number of pyridine rings is 1. The van der Waals surface area contributed by atoms with Gasteiger partial charge in [0.05, 0.1) is 0 Å². The highest BCUT2D eigenvalue weighted by atomic mass is 19.1. The Kier molecular flexibility index (Phi) is 3.45. The minimum absolute atomic E-state index is 0.183. The van der Waals surface area contributed by atoms with Crippen LogP contribution in [0.3, 0.4) is 0 Å². The summed E-state index contributed by atoms with van der Waals surface area (Å²) in [4.78, 5) is 5.66. The number of hydrogen-bond donors (Lipinski definition) is 1. The van der Waals surface area contributed by atoms with E-state index in [4.69, 9.17) is 5.73 Å². The van der Waals surface area contributed by atoms with Gasteiger partial charge in [-0.2, -0.15) is 0 Å². The van der Waals surface area contributed by atoms with Crippen LogP contribution >= 0.6 is 0 Å². The van der Waals surface area contributed by atoms with Gasteiger partial charge < -0.3 is 10.6 Å². The summed E-state index contributed by atoms with van der Waals surface area (Å²) in [5.41, 5.74) is 5.37. The largest absolute Gasteiger partial charge is 0.381 e. The number of aromatic nitrogens is 1. The highest BCUT2D eigenvalue weighted by Crippen LogP contribution is 2.28. The lowest BCUT2D eigenvalue weighted by atomic mass is 10.0. The number of nitrogen functional groups attached to an aromatic ring is 1. The first kappa shape index (κ1) is 12.1. The SMILES string of the molecule is CCCC1CCN(c2nc(N)c(F)cc2F)C1. The van der Waals surface area contributed by atoms with Crippen molar-refractivity contribution in [2.45, 2.75) is 26.2 Å². The maximum atomic E-state index is 13.6. The van der Waals surface area contributed by atoms with Gasteiger partial charge in [-0.3, -0.25) is 0 Å². The second-order valence-corrected chi connectivity index (χ2v) is 4.55. The van der Waals surface area contributed by atoms with Crippen molar-refractivity contribution >= 4 is 11.6 Å². The molecule has 0 spiro atoms. The second kappa shape index (κ2) is 4.85. The van der Waals surface area contributed by atoms with Crippen LogP contribution in [-0.2, 0) is 0 Å². The standard InChI is InChI=1S/C12H17F2N3/c1-2-3-8-4-5-17(7-8)12-10(14)6-9(13)11(15)16-12/h6,8H,2-5,7H2,1H3,(H2,15,16). The number of rotatable bonds is 3. The summed E-state index contributed by atoms with van der Waals surface area (Å²) in [6.07, 6.45) is 3.29. The molecule has 17 heavy (non-hydrogen) atoms. The van der Waals surface area contributed by atoms with Crippen LogP contribution in [0.25, 0.3) is 0 Å². The number of nitrogens with zero attached hydrogens (tertiary/aromatic N) is 2. The molecule has 1 aromatic rings. The van der Waals surface area contributed by atoms with Crippen molar-refractivity contribution in [3.8, 4) is 0 Å². The van der Waals surface area contributed by atoms with Crippen molar-refractivity contribution < 1.29 is 8.78 Å². The maximum Gasteiger partial charge on any atom is 0.168 e. The Morgan fingerprint density at radius 1 is 1.47 bits per heavy atom. The van der Waals surface area contributed by atoms with Crippen LogP contribution < -0.4 is 10.6 Å². The van der Waals surface area contributed by atoms with Crippen molar-refractivity contribution in [1.29, 1.82) is 0 Å². The number of hydrogen-bond acceptors (Lipinski definition) is 3. The third kappa shape index (κ3) is 2.48. The molecule has 3 nitrogen and oxygen atoms in total. The molecule has 1 aromatic heterocycles. The summed E-state index contributed by atoms with van der Waals surface area (Å²) >= 11 is 0. The molecule has 0 bridgehead atoms. The topological polar surface area (TPSA) is 42.2 Å². The molecule has 1 atom stereocenters. The van der Waals surface area contributed by atoms with Crippen LogP contribution in [0.5, 0.6) is 0 Å². The molecule has 0 radical (unpaired) electrons. The zero-order valence-electron chi connectivity index (χ0n) is 9.92. The third-order valence-corrected chi connectivity index (χ3v) is 3.22. The van der Waals surface area contributed by atoms with Gasteiger partial charge in [-0.25, -0.2) is 13.8 Å². The molecule has 94 valence electrons. The predicted molar refractivity (Wildman–Crippen MR) is 63.8 cm³/mol. The van der Waals surface area contributed by atoms with Gasteiger partial charge in [0.15, 0.2) is 23.3 Å². The summed E-state index contributed by atoms with van der Waals surface area (Å²) < 4.78 is 26.6. The van der Waals surface area contributed by atoms with Crippen molar-refractivity contribution in [2.75, 3.05) is 23.7 Å². The fraction of sp³-hybridized carbons (Fsp3) is 0.583. The molecule has 5 heteroatoms. The van der Waals surface area contributed by atoms with Crippen molar-refractivity contribution in [3.63, 3.8) is 0 Å². The van der Waals surface area contributed by atoms with Crippen LogP contribution in [0, 0.1) is 17.6 Å². The number of nitrogens with two attached hydrogens (primary N) is 1. The zero-order valence-corrected chi connectivity index (χ0v) is 9.92. The Labute approximate surface area is 99.6 Å². The monoisotopic (exact) mass is 241 g/mol.